The minimum atomic E-state index is -0.757. The molecule has 0 heterocycles. The van der Waals surface area contributed by atoms with E-state index in [0.717, 1.165) is 12.8 Å². The molecule has 1 fully saturated rings. The van der Waals surface area contributed by atoms with Crippen LogP contribution in [-0.4, -0.2) is 17.7 Å². The quantitative estimate of drug-likeness (QED) is 0.606. The average molecular weight is 170 g/mol. The first-order valence-corrected chi connectivity index (χ1v) is 3.95. The fourth-order valence-electron chi connectivity index (χ4n) is 1.50. The van der Waals surface area contributed by atoms with Crippen molar-refractivity contribution < 1.29 is 9.53 Å². The minimum Gasteiger partial charge on any atom is -0.441 e. The molecule has 2 atom stereocenters. The molecule has 12 heavy (non-hydrogen) atoms. The van der Waals surface area contributed by atoms with Gasteiger partial charge < -0.3 is 16.2 Å². The van der Waals surface area contributed by atoms with E-state index in [0.29, 0.717) is 6.42 Å². The standard InChI is InChI=1S/C8H14N2O2/c1-2-4-8(12-7(10)11)5-3-6(8)9/h2,6H,1,3-5,9H2,(H2,10,11). The molecule has 68 valence electrons. The summed E-state index contributed by atoms with van der Waals surface area (Å²) in [7, 11) is 0. The molecule has 0 aromatic rings. The molecule has 4 heteroatoms. The highest BCUT2D eigenvalue weighted by molar-refractivity contribution is 5.65. The van der Waals surface area contributed by atoms with Crippen LogP contribution < -0.4 is 11.5 Å². The second-order valence-corrected chi connectivity index (χ2v) is 3.12. The van der Waals surface area contributed by atoms with Gasteiger partial charge in [-0.15, -0.1) is 6.58 Å². The summed E-state index contributed by atoms with van der Waals surface area (Å²) in [6.45, 7) is 3.58. The van der Waals surface area contributed by atoms with Gasteiger partial charge in [0.25, 0.3) is 0 Å². The van der Waals surface area contributed by atoms with Crippen molar-refractivity contribution in [1.82, 2.24) is 0 Å². The normalized spacial score (nSPS) is 33.6. The number of amides is 1. The predicted molar refractivity (Wildman–Crippen MR) is 45.4 cm³/mol. The molecule has 0 aromatic heterocycles. The number of hydrogen-bond donors (Lipinski definition) is 2. The molecule has 0 bridgehead atoms. The average Bonchev–Trinajstić information content (AvgIpc) is 2.00. The minimum absolute atomic E-state index is 0.0944. The van der Waals surface area contributed by atoms with Gasteiger partial charge in [0.15, 0.2) is 0 Å². The van der Waals surface area contributed by atoms with E-state index in [1.54, 1.807) is 6.08 Å². The Morgan fingerprint density at radius 2 is 2.50 bits per heavy atom. The number of carbonyl (C=O) groups excluding carboxylic acids is 1. The van der Waals surface area contributed by atoms with Gasteiger partial charge >= 0.3 is 6.09 Å². The summed E-state index contributed by atoms with van der Waals surface area (Å²) < 4.78 is 4.97. The molecule has 2 unspecified atom stereocenters. The van der Waals surface area contributed by atoms with Gasteiger partial charge in [-0.3, -0.25) is 0 Å². The number of rotatable bonds is 3. The van der Waals surface area contributed by atoms with Crippen molar-refractivity contribution in [3.63, 3.8) is 0 Å². The highest BCUT2D eigenvalue weighted by Gasteiger charge is 2.46. The van der Waals surface area contributed by atoms with Crippen LogP contribution in [0, 0.1) is 0 Å². The van der Waals surface area contributed by atoms with Crippen molar-refractivity contribution in [2.45, 2.75) is 30.9 Å². The van der Waals surface area contributed by atoms with Crippen molar-refractivity contribution in [3.8, 4) is 0 Å². The molecule has 1 rings (SSSR count). The maximum absolute atomic E-state index is 10.5. The molecule has 1 saturated carbocycles. The van der Waals surface area contributed by atoms with Gasteiger partial charge in [-0.25, -0.2) is 4.79 Å². The third-order valence-electron chi connectivity index (χ3n) is 2.35. The van der Waals surface area contributed by atoms with Crippen LogP contribution in [-0.2, 0) is 4.74 Å². The summed E-state index contributed by atoms with van der Waals surface area (Å²) in [5.74, 6) is 0. The molecular weight excluding hydrogens is 156 g/mol. The first-order valence-electron chi connectivity index (χ1n) is 3.95. The highest BCUT2D eigenvalue weighted by Crippen LogP contribution is 2.37. The first kappa shape index (κ1) is 9.06. The Kier molecular flexibility index (Phi) is 2.38. The predicted octanol–water partition coefficient (Wildman–Crippen LogP) is 0.518. The second kappa shape index (κ2) is 3.15. The fraction of sp³-hybridized carbons (Fsp3) is 0.625. The first-order chi connectivity index (χ1) is 5.60. The zero-order valence-electron chi connectivity index (χ0n) is 6.95. The lowest BCUT2D eigenvalue weighted by Gasteiger charge is -2.45. The maximum atomic E-state index is 10.5. The largest absolute Gasteiger partial charge is 0.441 e. The van der Waals surface area contributed by atoms with Crippen LogP contribution in [0.25, 0.3) is 0 Å². The van der Waals surface area contributed by atoms with Gasteiger partial charge in [0.05, 0.1) is 0 Å². The number of nitrogens with two attached hydrogens (primary N) is 2. The molecule has 1 aliphatic carbocycles. The van der Waals surface area contributed by atoms with E-state index in [9.17, 15) is 4.79 Å². The Bertz CT molecular complexity index is 205. The van der Waals surface area contributed by atoms with Crippen LogP contribution in [0.15, 0.2) is 12.7 Å². The molecule has 4 nitrogen and oxygen atoms in total. The maximum Gasteiger partial charge on any atom is 0.405 e. The van der Waals surface area contributed by atoms with Gasteiger partial charge in [0.2, 0.25) is 0 Å². The third-order valence-corrected chi connectivity index (χ3v) is 2.35. The van der Waals surface area contributed by atoms with E-state index in [1.807, 2.05) is 0 Å². The number of primary amides is 1. The van der Waals surface area contributed by atoms with Gasteiger partial charge in [-0.05, 0) is 12.8 Å². The van der Waals surface area contributed by atoms with Crippen molar-refractivity contribution >= 4 is 6.09 Å². The van der Waals surface area contributed by atoms with E-state index in [2.05, 4.69) is 6.58 Å². The van der Waals surface area contributed by atoms with Crippen LogP contribution >= 0.6 is 0 Å². The zero-order chi connectivity index (χ0) is 9.19. The molecule has 1 aliphatic rings. The summed E-state index contributed by atoms with van der Waals surface area (Å²) in [5, 5.41) is 0. The smallest absolute Gasteiger partial charge is 0.405 e. The van der Waals surface area contributed by atoms with Gasteiger partial charge in [0, 0.05) is 12.5 Å². The van der Waals surface area contributed by atoms with E-state index in [1.165, 1.54) is 0 Å². The van der Waals surface area contributed by atoms with E-state index in [4.69, 9.17) is 16.2 Å². The molecule has 0 aliphatic heterocycles. The lowest BCUT2D eigenvalue weighted by atomic mass is 9.73. The van der Waals surface area contributed by atoms with E-state index < -0.39 is 11.7 Å². The van der Waals surface area contributed by atoms with Crippen LogP contribution in [0.5, 0.6) is 0 Å². The Morgan fingerprint density at radius 1 is 1.83 bits per heavy atom. The Balaban J connectivity index is 2.59. The van der Waals surface area contributed by atoms with Crippen LogP contribution in [0.2, 0.25) is 0 Å². The molecule has 0 saturated heterocycles. The molecule has 1 amide bonds. The van der Waals surface area contributed by atoms with Crippen molar-refractivity contribution in [3.05, 3.63) is 12.7 Å². The van der Waals surface area contributed by atoms with Crippen LogP contribution in [0.3, 0.4) is 0 Å². The molecular formula is C8H14N2O2. The molecule has 0 spiro atoms. The SMILES string of the molecule is C=CCC1(OC(N)=O)CCC1N. The van der Waals surface area contributed by atoms with E-state index >= 15 is 0 Å². The fourth-order valence-corrected chi connectivity index (χ4v) is 1.50. The number of carbonyl (C=O) groups is 1. The molecule has 0 aromatic carbocycles. The summed E-state index contributed by atoms with van der Waals surface area (Å²) in [4.78, 5) is 10.5. The van der Waals surface area contributed by atoms with Gasteiger partial charge in [-0.1, -0.05) is 6.08 Å². The number of ether oxygens (including phenoxy) is 1. The number of hydrogen-bond acceptors (Lipinski definition) is 3. The van der Waals surface area contributed by atoms with Gasteiger partial charge in [0.1, 0.15) is 5.60 Å². The summed E-state index contributed by atoms with van der Waals surface area (Å²) in [6, 6.07) is -0.0944. The monoisotopic (exact) mass is 170 g/mol. The van der Waals surface area contributed by atoms with Crippen molar-refractivity contribution in [1.29, 1.82) is 0 Å². The molecule has 0 radical (unpaired) electrons. The summed E-state index contributed by atoms with van der Waals surface area (Å²) in [5.41, 5.74) is 10.1. The lowest BCUT2D eigenvalue weighted by Crippen LogP contribution is -2.59. The van der Waals surface area contributed by atoms with Crippen LogP contribution in [0.4, 0.5) is 4.79 Å². The van der Waals surface area contributed by atoms with Crippen molar-refractivity contribution in [2.75, 3.05) is 0 Å². The zero-order valence-corrected chi connectivity index (χ0v) is 6.95. The Morgan fingerprint density at radius 3 is 2.75 bits per heavy atom. The second-order valence-electron chi connectivity index (χ2n) is 3.12. The Labute approximate surface area is 71.6 Å². The van der Waals surface area contributed by atoms with Crippen molar-refractivity contribution in [2.24, 2.45) is 11.5 Å². The van der Waals surface area contributed by atoms with Gasteiger partial charge in [-0.2, -0.15) is 0 Å². The molecule has 4 N–H and O–H groups in total. The topological polar surface area (TPSA) is 78.3 Å². The van der Waals surface area contributed by atoms with E-state index in [-0.39, 0.29) is 6.04 Å². The lowest BCUT2D eigenvalue weighted by molar-refractivity contribution is -0.0592. The summed E-state index contributed by atoms with van der Waals surface area (Å²) in [6.07, 6.45) is 3.18. The Hall–Kier alpha value is -1.03. The third kappa shape index (κ3) is 1.43. The summed E-state index contributed by atoms with van der Waals surface area (Å²) >= 11 is 0. The van der Waals surface area contributed by atoms with Crippen LogP contribution in [0.1, 0.15) is 19.3 Å². The highest BCUT2D eigenvalue weighted by atomic mass is 16.6.